The third kappa shape index (κ3) is 3.84. The van der Waals surface area contributed by atoms with Gasteiger partial charge in [0.1, 0.15) is 0 Å². The van der Waals surface area contributed by atoms with Gasteiger partial charge in [-0.15, -0.1) is 0 Å². The monoisotopic (exact) mass is 213 g/mol. The Labute approximate surface area is 95.0 Å². The highest BCUT2D eigenvalue weighted by Gasteiger charge is 2.30. The van der Waals surface area contributed by atoms with Crippen molar-refractivity contribution in [1.82, 2.24) is 4.90 Å². The zero-order valence-electron chi connectivity index (χ0n) is 11.2. The van der Waals surface area contributed by atoms with Crippen LogP contribution in [0.1, 0.15) is 53.9 Å². The van der Waals surface area contributed by atoms with Gasteiger partial charge >= 0.3 is 0 Å². The van der Waals surface area contributed by atoms with Gasteiger partial charge in [0.25, 0.3) is 0 Å². The molecule has 0 aromatic rings. The predicted octanol–water partition coefficient (Wildman–Crippen LogP) is 3.32. The van der Waals surface area contributed by atoms with Crippen molar-refractivity contribution in [2.45, 2.75) is 59.9 Å². The van der Waals surface area contributed by atoms with Crippen molar-refractivity contribution in [2.75, 3.05) is 7.05 Å². The van der Waals surface area contributed by atoms with E-state index in [4.69, 9.17) is 0 Å². The van der Waals surface area contributed by atoms with Crippen LogP contribution < -0.4 is 0 Å². The van der Waals surface area contributed by atoms with Crippen LogP contribution >= 0.6 is 0 Å². The van der Waals surface area contributed by atoms with Gasteiger partial charge in [-0.05, 0) is 24.7 Å². The fraction of sp³-hybridized carbons (Fsp3) is 0.923. The summed E-state index contributed by atoms with van der Waals surface area (Å²) in [5.41, 5.74) is 0. The number of hydrogen-bond acceptors (Lipinski definition) is 1. The van der Waals surface area contributed by atoms with E-state index in [2.05, 4.69) is 20.8 Å². The van der Waals surface area contributed by atoms with Crippen molar-refractivity contribution < 1.29 is 4.79 Å². The Morgan fingerprint density at radius 2 is 1.87 bits per heavy atom. The van der Waals surface area contributed by atoms with Gasteiger partial charge in [-0.3, -0.25) is 4.79 Å². The summed E-state index contributed by atoms with van der Waals surface area (Å²) in [6.07, 6.45) is 3.00. The van der Waals surface area contributed by atoms with E-state index in [0.717, 1.165) is 12.8 Å². The highest BCUT2D eigenvalue weighted by molar-refractivity contribution is 5.76. The number of amides is 1. The molecule has 15 heavy (non-hydrogen) atoms. The summed E-state index contributed by atoms with van der Waals surface area (Å²) in [6, 6.07) is 0.440. The molecule has 1 fully saturated rings. The highest BCUT2D eigenvalue weighted by Crippen LogP contribution is 2.26. The molecule has 0 aromatic carbocycles. The zero-order chi connectivity index (χ0) is 12.0. The minimum absolute atomic E-state index is 0.322. The molecule has 0 bridgehead atoms. The maximum Gasteiger partial charge on any atom is 0.222 e. The Balaban J connectivity index is 0.000000921. The van der Waals surface area contributed by atoms with E-state index >= 15 is 0 Å². The third-order valence-corrected chi connectivity index (χ3v) is 3.16. The van der Waals surface area contributed by atoms with Gasteiger partial charge in [0.15, 0.2) is 0 Å². The number of carbonyl (C=O) groups excluding carboxylic acids is 1. The van der Waals surface area contributed by atoms with E-state index in [1.54, 1.807) is 0 Å². The maximum absolute atomic E-state index is 11.6. The van der Waals surface area contributed by atoms with E-state index in [9.17, 15) is 4.79 Å². The first-order chi connectivity index (χ1) is 7.04. The first-order valence-corrected chi connectivity index (χ1v) is 6.29. The smallest absolute Gasteiger partial charge is 0.222 e. The van der Waals surface area contributed by atoms with Gasteiger partial charge in [0, 0.05) is 19.5 Å². The Hall–Kier alpha value is -0.530. The molecule has 1 amide bonds. The van der Waals surface area contributed by atoms with Crippen LogP contribution in [-0.4, -0.2) is 23.9 Å². The topological polar surface area (TPSA) is 20.3 Å². The lowest BCUT2D eigenvalue weighted by Crippen LogP contribution is -2.42. The van der Waals surface area contributed by atoms with E-state index in [1.165, 1.54) is 6.42 Å². The zero-order valence-corrected chi connectivity index (χ0v) is 11.2. The van der Waals surface area contributed by atoms with Crippen molar-refractivity contribution in [1.29, 1.82) is 0 Å². The van der Waals surface area contributed by atoms with Gasteiger partial charge in [-0.25, -0.2) is 0 Å². The lowest BCUT2D eigenvalue weighted by molar-refractivity contribution is -0.132. The molecule has 1 saturated heterocycles. The number of hydrogen-bond donors (Lipinski definition) is 0. The van der Waals surface area contributed by atoms with E-state index in [-0.39, 0.29) is 0 Å². The van der Waals surface area contributed by atoms with Gasteiger partial charge < -0.3 is 4.90 Å². The normalized spacial score (nSPS) is 27.1. The van der Waals surface area contributed by atoms with Gasteiger partial charge in [-0.2, -0.15) is 0 Å². The predicted molar refractivity (Wildman–Crippen MR) is 65.8 cm³/mol. The molecule has 2 unspecified atom stereocenters. The van der Waals surface area contributed by atoms with Crippen LogP contribution in [0.25, 0.3) is 0 Å². The molecular weight excluding hydrogens is 186 g/mol. The van der Waals surface area contributed by atoms with Gasteiger partial charge in [0.2, 0.25) is 5.91 Å². The fourth-order valence-electron chi connectivity index (χ4n) is 2.57. The Kier molecular flexibility index (Phi) is 6.62. The third-order valence-electron chi connectivity index (χ3n) is 3.16. The Morgan fingerprint density at radius 1 is 1.33 bits per heavy atom. The van der Waals surface area contributed by atoms with Gasteiger partial charge in [0.05, 0.1) is 0 Å². The summed E-state index contributed by atoms with van der Waals surface area (Å²) in [5.74, 6) is 1.54. The van der Waals surface area contributed by atoms with Crippen molar-refractivity contribution in [3.8, 4) is 0 Å². The molecule has 0 saturated carbocycles. The molecule has 1 heterocycles. The van der Waals surface area contributed by atoms with E-state index in [1.807, 2.05) is 25.8 Å². The van der Waals surface area contributed by atoms with Crippen LogP contribution in [0.15, 0.2) is 0 Å². The van der Waals surface area contributed by atoms with Crippen molar-refractivity contribution in [3.05, 3.63) is 0 Å². The summed E-state index contributed by atoms with van der Waals surface area (Å²) >= 11 is 0. The van der Waals surface area contributed by atoms with Crippen LogP contribution in [0, 0.1) is 11.8 Å². The van der Waals surface area contributed by atoms with Gasteiger partial charge in [-0.1, -0.05) is 34.6 Å². The van der Waals surface area contributed by atoms with Crippen LogP contribution in [0.5, 0.6) is 0 Å². The number of likely N-dealkylation sites (tertiary alicyclic amines) is 1. The lowest BCUT2D eigenvalue weighted by Gasteiger charge is -2.33. The largest absolute Gasteiger partial charge is 0.342 e. The second kappa shape index (κ2) is 6.86. The number of carbonyl (C=O) groups is 1. The molecule has 0 N–H and O–H groups in total. The second-order valence-electron chi connectivity index (χ2n) is 4.61. The van der Waals surface area contributed by atoms with Crippen LogP contribution in [0.3, 0.4) is 0 Å². The molecule has 2 nitrogen and oxygen atoms in total. The highest BCUT2D eigenvalue weighted by atomic mass is 16.2. The maximum atomic E-state index is 11.6. The van der Waals surface area contributed by atoms with Crippen LogP contribution in [-0.2, 0) is 4.79 Å². The lowest BCUT2D eigenvalue weighted by atomic mass is 9.89. The fourth-order valence-corrected chi connectivity index (χ4v) is 2.57. The first-order valence-electron chi connectivity index (χ1n) is 6.29. The minimum atomic E-state index is 0.322. The molecule has 1 aliphatic heterocycles. The summed E-state index contributed by atoms with van der Waals surface area (Å²) < 4.78 is 0. The number of nitrogens with zero attached hydrogens (tertiary/aromatic N) is 1. The molecule has 1 rings (SSSR count). The SMILES string of the molecule is CC.CC(C)C1C(C)CCCC(=O)N1C. The average molecular weight is 213 g/mol. The molecular formula is C13H27NO. The van der Waals surface area contributed by atoms with Crippen molar-refractivity contribution in [2.24, 2.45) is 11.8 Å². The molecule has 90 valence electrons. The molecule has 1 aliphatic rings. The standard InChI is InChI=1S/C11H21NO.C2H6/c1-8(2)11-9(3)6-5-7-10(13)12(11)4;1-2/h8-9,11H,5-7H2,1-4H3;1-2H3. The first kappa shape index (κ1) is 14.5. The van der Waals surface area contributed by atoms with Crippen LogP contribution in [0.4, 0.5) is 0 Å². The van der Waals surface area contributed by atoms with E-state index in [0.29, 0.717) is 23.8 Å². The van der Waals surface area contributed by atoms with Crippen molar-refractivity contribution >= 4 is 5.91 Å². The Bertz CT molecular complexity index is 189. The van der Waals surface area contributed by atoms with Crippen LogP contribution in [0.2, 0.25) is 0 Å². The quantitative estimate of drug-likeness (QED) is 0.654. The minimum Gasteiger partial charge on any atom is -0.342 e. The molecule has 0 radical (unpaired) electrons. The Morgan fingerprint density at radius 3 is 2.33 bits per heavy atom. The second-order valence-corrected chi connectivity index (χ2v) is 4.61. The molecule has 0 aliphatic carbocycles. The number of rotatable bonds is 1. The molecule has 0 aromatic heterocycles. The summed E-state index contributed by atoms with van der Waals surface area (Å²) in [5, 5.41) is 0. The summed E-state index contributed by atoms with van der Waals surface area (Å²) in [7, 11) is 1.95. The molecule has 2 atom stereocenters. The average Bonchev–Trinajstić information content (AvgIpc) is 2.31. The summed E-state index contributed by atoms with van der Waals surface area (Å²) in [6.45, 7) is 10.7. The molecule has 0 spiro atoms. The van der Waals surface area contributed by atoms with Crippen molar-refractivity contribution in [3.63, 3.8) is 0 Å². The molecule has 2 heteroatoms. The van der Waals surface area contributed by atoms with E-state index < -0.39 is 0 Å². The summed E-state index contributed by atoms with van der Waals surface area (Å²) in [4.78, 5) is 13.6.